The molecule has 44 heavy (non-hydrogen) atoms. The molecule has 2 heterocycles. The number of thiazole rings is 1. The number of ether oxygens (including phenoxy) is 1. The fourth-order valence-electron chi connectivity index (χ4n) is 5.03. The van der Waals surface area contributed by atoms with Crippen LogP contribution in [0, 0.1) is 3.57 Å². The lowest BCUT2D eigenvalue weighted by Gasteiger charge is -2.19. The van der Waals surface area contributed by atoms with Gasteiger partial charge in [0.05, 0.1) is 17.2 Å². The summed E-state index contributed by atoms with van der Waals surface area (Å²) in [7, 11) is -8.20. The number of rotatable bonds is 12. The molecule has 232 valence electrons. The van der Waals surface area contributed by atoms with Crippen LogP contribution in [0.1, 0.15) is 31.2 Å². The van der Waals surface area contributed by atoms with Crippen LogP contribution in [0.4, 0.5) is 5.69 Å². The van der Waals surface area contributed by atoms with Crippen LogP contribution in [0.3, 0.4) is 0 Å². The van der Waals surface area contributed by atoms with Gasteiger partial charge in [0.2, 0.25) is 11.4 Å². The van der Waals surface area contributed by atoms with Crippen molar-refractivity contribution in [3.05, 3.63) is 92.8 Å². The Labute approximate surface area is 275 Å². The van der Waals surface area contributed by atoms with E-state index in [4.69, 9.17) is 4.74 Å². The summed E-state index contributed by atoms with van der Waals surface area (Å²) >= 11 is 3.84. The topological polar surface area (TPSA) is 125 Å². The summed E-state index contributed by atoms with van der Waals surface area (Å²) in [4.78, 5) is 1.93. The Kier molecular flexibility index (Phi) is 10.1. The summed E-state index contributed by atoms with van der Waals surface area (Å²) in [5, 5.41) is 0.922. The van der Waals surface area contributed by atoms with Gasteiger partial charge < -0.3 is 9.64 Å². The van der Waals surface area contributed by atoms with Crippen molar-refractivity contribution in [3.63, 3.8) is 0 Å². The molecule has 0 saturated heterocycles. The number of allylic oxidation sites excluding steroid dienone is 2. The lowest BCUT2D eigenvalue weighted by molar-refractivity contribution is -0.668. The summed E-state index contributed by atoms with van der Waals surface area (Å²) in [6, 6.07) is 22.0. The molecular weight excluding hydrogens is 735 g/mol. The minimum Gasteiger partial charge on any atom is -0.439 e. The molecule has 0 saturated carbocycles. The maximum atomic E-state index is 11.5. The van der Waals surface area contributed by atoms with Gasteiger partial charge >= 0.3 is 0 Å². The molecule has 1 aliphatic heterocycles. The molecule has 2 N–H and O–H groups in total. The van der Waals surface area contributed by atoms with Crippen LogP contribution >= 0.6 is 33.9 Å². The van der Waals surface area contributed by atoms with E-state index in [1.165, 1.54) is 0 Å². The van der Waals surface area contributed by atoms with Gasteiger partial charge in [0.25, 0.3) is 25.2 Å². The molecule has 0 aliphatic carbocycles. The lowest BCUT2D eigenvalue weighted by Crippen LogP contribution is -2.36. The predicted octanol–water partition coefficient (Wildman–Crippen LogP) is 6.55. The van der Waals surface area contributed by atoms with E-state index in [-0.39, 0.29) is 24.3 Å². The number of aryl methyl sites for hydroxylation is 1. The number of hydrogen-bond donors (Lipinski definition) is 2. The number of anilines is 1. The Morgan fingerprint density at radius 2 is 1.68 bits per heavy atom. The van der Waals surface area contributed by atoms with E-state index < -0.39 is 20.2 Å². The van der Waals surface area contributed by atoms with Crippen molar-refractivity contribution in [2.24, 2.45) is 0 Å². The van der Waals surface area contributed by atoms with E-state index in [0.717, 1.165) is 41.2 Å². The molecule has 0 radical (unpaired) electrons. The molecule has 0 spiro atoms. The Hall–Kier alpha value is -2.82. The van der Waals surface area contributed by atoms with Crippen LogP contribution in [-0.4, -0.2) is 44.0 Å². The first-order valence-corrected chi connectivity index (χ1v) is 19.1. The van der Waals surface area contributed by atoms with E-state index >= 15 is 0 Å². The average molecular weight is 768 g/mol. The van der Waals surface area contributed by atoms with Crippen LogP contribution < -0.4 is 14.2 Å². The zero-order valence-corrected chi connectivity index (χ0v) is 28.5. The van der Waals surface area contributed by atoms with Crippen molar-refractivity contribution < 1.29 is 35.2 Å². The number of fused-ring (bicyclic) bond motifs is 2. The van der Waals surface area contributed by atoms with Crippen LogP contribution in [-0.2, 0) is 26.8 Å². The SMILES string of the molecule is CCC(/C=C1\Oc2ccc(-c3ccccc3)cc2N1CCCS(=O)(=O)O)=C\c1sc2ccc(I)cc2[n+]1CCCS(=O)(=O)O. The molecule has 3 aromatic carbocycles. The van der Waals surface area contributed by atoms with Gasteiger partial charge in [-0.15, -0.1) is 0 Å². The van der Waals surface area contributed by atoms with Gasteiger partial charge in [-0.3, -0.25) is 9.11 Å². The highest BCUT2D eigenvalue weighted by atomic mass is 127. The Morgan fingerprint density at radius 3 is 2.39 bits per heavy atom. The summed E-state index contributed by atoms with van der Waals surface area (Å²) in [5.74, 6) is 0.493. The smallest absolute Gasteiger partial charge is 0.265 e. The van der Waals surface area contributed by atoms with Crippen LogP contribution in [0.15, 0.2) is 84.3 Å². The highest BCUT2D eigenvalue weighted by Gasteiger charge is 2.28. The first kappa shape index (κ1) is 32.6. The van der Waals surface area contributed by atoms with Crippen molar-refractivity contribution in [2.75, 3.05) is 23.0 Å². The molecule has 13 heteroatoms. The molecule has 9 nitrogen and oxygen atoms in total. The fraction of sp³-hybridized carbons (Fsp3) is 0.258. The van der Waals surface area contributed by atoms with Crippen LogP contribution in [0.5, 0.6) is 5.75 Å². The summed E-state index contributed by atoms with van der Waals surface area (Å²) in [6.07, 6.45) is 5.10. The summed E-state index contributed by atoms with van der Waals surface area (Å²) in [5.41, 5.74) is 4.76. The first-order chi connectivity index (χ1) is 20.9. The van der Waals surface area contributed by atoms with Crippen LogP contribution in [0.2, 0.25) is 0 Å². The quantitative estimate of drug-likeness (QED) is 0.0946. The van der Waals surface area contributed by atoms with E-state index in [1.807, 2.05) is 78.6 Å². The summed E-state index contributed by atoms with van der Waals surface area (Å²) < 4.78 is 74.9. The van der Waals surface area contributed by atoms with E-state index in [2.05, 4.69) is 39.3 Å². The maximum Gasteiger partial charge on any atom is 0.265 e. The lowest BCUT2D eigenvalue weighted by atomic mass is 10.0. The number of benzene rings is 3. The fourth-order valence-corrected chi connectivity index (χ4v) is 7.64. The molecule has 4 aromatic rings. The Bertz CT molecular complexity index is 1950. The third kappa shape index (κ3) is 8.25. The van der Waals surface area contributed by atoms with Crippen molar-refractivity contribution in [2.45, 2.75) is 32.7 Å². The van der Waals surface area contributed by atoms with Gasteiger partial charge in [0, 0.05) is 34.8 Å². The van der Waals surface area contributed by atoms with Gasteiger partial charge in [0.15, 0.2) is 12.3 Å². The molecular formula is C31H32IN2O7S3+. The largest absolute Gasteiger partial charge is 0.439 e. The standard InChI is InChI=1S/C31H31IN2O7S3/c1-2-22(19-31-34(15-7-17-44(38,39)40)27-21-25(32)11-13-29(27)42-31)18-30-33(14-6-16-43(35,36)37)26-20-24(10-12-28(26)41-30)23-8-4-3-5-9-23/h3-5,8-13,18-21H,2,6-7,14-17H2,1H3,(H-,35,36,37,38,39,40)/p+1. The van der Waals surface area contributed by atoms with Gasteiger partial charge in [0.1, 0.15) is 4.70 Å². The number of hydrogen-bond acceptors (Lipinski definition) is 7. The minimum absolute atomic E-state index is 0.197. The van der Waals surface area contributed by atoms with Gasteiger partial charge in [-0.05, 0) is 76.4 Å². The zero-order chi connectivity index (χ0) is 31.5. The zero-order valence-electron chi connectivity index (χ0n) is 23.9. The molecule has 5 rings (SSSR count). The molecule has 1 aliphatic rings. The van der Waals surface area contributed by atoms with E-state index in [0.29, 0.717) is 31.1 Å². The normalized spacial score (nSPS) is 14.8. The van der Waals surface area contributed by atoms with Crippen molar-refractivity contribution in [3.8, 4) is 16.9 Å². The summed E-state index contributed by atoms with van der Waals surface area (Å²) in [6.45, 7) is 2.75. The molecule has 0 atom stereocenters. The van der Waals surface area contributed by atoms with E-state index in [1.54, 1.807) is 11.3 Å². The molecule has 0 fully saturated rings. The number of halogens is 1. The predicted molar refractivity (Wildman–Crippen MR) is 183 cm³/mol. The second kappa shape index (κ2) is 13.7. The first-order valence-electron chi connectivity index (χ1n) is 14.0. The molecule has 1 aromatic heterocycles. The highest BCUT2D eigenvalue weighted by Crippen LogP contribution is 2.42. The van der Waals surface area contributed by atoms with Crippen molar-refractivity contribution >= 4 is 76.1 Å². The van der Waals surface area contributed by atoms with Crippen molar-refractivity contribution in [1.82, 2.24) is 0 Å². The molecule has 0 amide bonds. The minimum atomic E-state index is -4.12. The van der Waals surface area contributed by atoms with Gasteiger partial charge in [-0.25, -0.2) is 0 Å². The molecule has 0 unspecified atom stereocenters. The Balaban J connectivity index is 1.52. The highest BCUT2D eigenvalue weighted by molar-refractivity contribution is 14.1. The number of nitrogens with zero attached hydrogens (tertiary/aromatic N) is 2. The van der Waals surface area contributed by atoms with Crippen molar-refractivity contribution in [1.29, 1.82) is 0 Å². The Morgan fingerprint density at radius 1 is 0.955 bits per heavy atom. The molecule has 0 bridgehead atoms. The second-order valence-corrected chi connectivity index (χ2v) is 15.8. The van der Waals surface area contributed by atoms with Gasteiger partial charge in [-0.1, -0.05) is 54.7 Å². The third-order valence-electron chi connectivity index (χ3n) is 7.12. The van der Waals surface area contributed by atoms with E-state index in [9.17, 15) is 25.9 Å². The van der Waals surface area contributed by atoms with Gasteiger partial charge in [-0.2, -0.15) is 21.4 Å². The second-order valence-electron chi connectivity index (χ2n) is 10.3. The third-order valence-corrected chi connectivity index (χ3v) is 10.5. The number of aromatic nitrogens is 1. The monoisotopic (exact) mass is 767 g/mol. The average Bonchev–Trinajstić information content (AvgIpc) is 3.48. The maximum absolute atomic E-state index is 11.5. The van der Waals surface area contributed by atoms with Crippen LogP contribution in [0.25, 0.3) is 27.4 Å².